The lowest BCUT2D eigenvalue weighted by Gasteiger charge is -2.17. The summed E-state index contributed by atoms with van der Waals surface area (Å²) in [5, 5.41) is 10.4. The van der Waals surface area contributed by atoms with Gasteiger partial charge in [-0.05, 0) is 36.0 Å². The highest BCUT2D eigenvalue weighted by Crippen LogP contribution is 2.54. The summed E-state index contributed by atoms with van der Waals surface area (Å²) in [7, 11) is 0. The third-order valence-corrected chi connectivity index (χ3v) is 5.16. The summed E-state index contributed by atoms with van der Waals surface area (Å²) in [5.41, 5.74) is 5.38. The molecule has 2 aliphatic heterocycles. The van der Waals surface area contributed by atoms with Crippen molar-refractivity contribution in [2.24, 2.45) is 16.4 Å². The molecule has 3 N–H and O–H groups in total. The van der Waals surface area contributed by atoms with E-state index in [-0.39, 0.29) is 23.1 Å². The molecule has 4 rings (SSSR count). The van der Waals surface area contributed by atoms with Gasteiger partial charge in [-0.15, -0.1) is 0 Å². The van der Waals surface area contributed by atoms with Gasteiger partial charge in [-0.2, -0.15) is 5.10 Å². The van der Waals surface area contributed by atoms with Gasteiger partial charge in [0.05, 0.1) is 11.6 Å². The van der Waals surface area contributed by atoms with Crippen LogP contribution in [0, 0.1) is 11.3 Å². The molecule has 0 aromatic heterocycles. The highest BCUT2D eigenvalue weighted by Gasteiger charge is 2.54. The first-order valence-electron chi connectivity index (χ1n) is 8.14. The minimum Gasteiger partial charge on any atom is -0.326 e. The molecule has 1 aromatic rings. The molecule has 23 heavy (non-hydrogen) atoms. The van der Waals surface area contributed by atoms with Crippen molar-refractivity contribution in [1.82, 2.24) is 10.7 Å². The van der Waals surface area contributed by atoms with Gasteiger partial charge >= 0.3 is 0 Å². The van der Waals surface area contributed by atoms with Gasteiger partial charge in [-0.25, -0.2) is 5.43 Å². The molecule has 6 heteroatoms. The smallest absolute Gasteiger partial charge is 0.240 e. The largest absolute Gasteiger partial charge is 0.326 e. The van der Waals surface area contributed by atoms with Crippen molar-refractivity contribution in [2.75, 3.05) is 18.4 Å². The van der Waals surface area contributed by atoms with Crippen LogP contribution in [0.1, 0.15) is 31.2 Å². The van der Waals surface area contributed by atoms with E-state index in [1.54, 1.807) is 0 Å². The number of hydrogen-bond donors (Lipinski definition) is 3. The van der Waals surface area contributed by atoms with Crippen LogP contribution >= 0.6 is 0 Å². The summed E-state index contributed by atoms with van der Waals surface area (Å²) in [6.07, 6.45) is 3.42. The van der Waals surface area contributed by atoms with Crippen LogP contribution in [-0.2, 0) is 9.59 Å². The highest BCUT2D eigenvalue weighted by molar-refractivity contribution is 6.04. The van der Waals surface area contributed by atoms with E-state index in [0.29, 0.717) is 12.8 Å². The monoisotopic (exact) mass is 312 g/mol. The van der Waals surface area contributed by atoms with E-state index < -0.39 is 0 Å². The lowest BCUT2D eigenvalue weighted by atomic mass is 9.92. The lowest BCUT2D eigenvalue weighted by Crippen LogP contribution is -2.29. The standard InChI is InChI=1S/C17H20N4O2/c22-15-6-5-14(20-21-15)11-1-3-12(4-2-11)19-16(23)13-9-18-10-17(13)7-8-17/h1-4,13,18H,5-10H2,(H,19,23)(H,21,22). The first kappa shape index (κ1) is 14.4. The third-order valence-electron chi connectivity index (χ3n) is 5.16. The molecule has 1 aromatic carbocycles. The zero-order valence-corrected chi connectivity index (χ0v) is 12.9. The third kappa shape index (κ3) is 2.74. The van der Waals surface area contributed by atoms with Gasteiger partial charge in [0.1, 0.15) is 0 Å². The van der Waals surface area contributed by atoms with E-state index in [9.17, 15) is 9.59 Å². The number of benzene rings is 1. The number of nitrogens with one attached hydrogen (secondary N) is 3. The first-order valence-corrected chi connectivity index (χ1v) is 8.14. The van der Waals surface area contributed by atoms with Crippen LogP contribution in [0.4, 0.5) is 5.69 Å². The van der Waals surface area contributed by atoms with E-state index in [2.05, 4.69) is 21.2 Å². The Labute approximate surface area is 134 Å². The fourth-order valence-corrected chi connectivity index (χ4v) is 3.52. The van der Waals surface area contributed by atoms with E-state index >= 15 is 0 Å². The molecular formula is C17H20N4O2. The molecule has 0 bridgehead atoms. The predicted octanol–water partition coefficient (Wildman–Crippen LogP) is 1.24. The molecule has 1 spiro atoms. The average molecular weight is 312 g/mol. The van der Waals surface area contributed by atoms with Crippen molar-refractivity contribution in [3.05, 3.63) is 29.8 Å². The number of nitrogens with zero attached hydrogens (tertiary/aromatic N) is 1. The molecule has 1 unspecified atom stereocenters. The van der Waals surface area contributed by atoms with Crippen molar-refractivity contribution in [3.8, 4) is 0 Å². The van der Waals surface area contributed by atoms with E-state index in [1.807, 2.05) is 24.3 Å². The molecule has 1 atom stereocenters. The van der Waals surface area contributed by atoms with Crippen LogP contribution in [0.3, 0.4) is 0 Å². The summed E-state index contributed by atoms with van der Waals surface area (Å²) < 4.78 is 0. The van der Waals surface area contributed by atoms with E-state index in [4.69, 9.17) is 0 Å². The number of carbonyl (C=O) groups excluding carboxylic acids is 2. The summed E-state index contributed by atoms with van der Waals surface area (Å²) >= 11 is 0. The molecule has 6 nitrogen and oxygen atoms in total. The van der Waals surface area contributed by atoms with Crippen molar-refractivity contribution >= 4 is 23.2 Å². The summed E-state index contributed by atoms with van der Waals surface area (Å²) in [6, 6.07) is 7.67. The lowest BCUT2D eigenvalue weighted by molar-refractivity contribution is -0.121. The number of amides is 2. The Bertz CT molecular complexity index is 676. The molecule has 1 saturated heterocycles. The van der Waals surface area contributed by atoms with Gasteiger partial charge in [0, 0.05) is 31.6 Å². The molecule has 2 fully saturated rings. The number of hydrogen-bond acceptors (Lipinski definition) is 4. The number of anilines is 1. The zero-order valence-electron chi connectivity index (χ0n) is 12.9. The Kier molecular flexibility index (Phi) is 3.41. The maximum atomic E-state index is 12.5. The maximum absolute atomic E-state index is 12.5. The van der Waals surface area contributed by atoms with Crippen LogP contribution in [0.25, 0.3) is 0 Å². The fraction of sp³-hybridized carbons (Fsp3) is 0.471. The second kappa shape index (κ2) is 5.45. The van der Waals surface area contributed by atoms with Crippen molar-refractivity contribution in [1.29, 1.82) is 0 Å². The topological polar surface area (TPSA) is 82.6 Å². The molecule has 1 saturated carbocycles. The second-order valence-electron chi connectivity index (χ2n) is 6.71. The first-order chi connectivity index (χ1) is 11.2. The molecule has 2 amide bonds. The Morgan fingerprint density at radius 2 is 2.00 bits per heavy atom. The van der Waals surface area contributed by atoms with E-state index in [1.165, 1.54) is 0 Å². The van der Waals surface area contributed by atoms with Crippen molar-refractivity contribution < 1.29 is 9.59 Å². The molecule has 0 radical (unpaired) electrons. The zero-order chi connectivity index (χ0) is 15.9. The van der Waals surface area contributed by atoms with Crippen LogP contribution in [0.5, 0.6) is 0 Å². The van der Waals surface area contributed by atoms with Gasteiger partial charge in [0.25, 0.3) is 0 Å². The normalized spacial score (nSPS) is 25.0. The molecule has 2 heterocycles. The highest BCUT2D eigenvalue weighted by atomic mass is 16.2. The molecule has 3 aliphatic rings. The van der Waals surface area contributed by atoms with Gasteiger partial charge in [-0.1, -0.05) is 12.1 Å². The van der Waals surface area contributed by atoms with Crippen LogP contribution in [-0.4, -0.2) is 30.6 Å². The quantitative estimate of drug-likeness (QED) is 0.785. The Morgan fingerprint density at radius 1 is 1.22 bits per heavy atom. The van der Waals surface area contributed by atoms with Gasteiger partial charge in [0.15, 0.2) is 0 Å². The summed E-state index contributed by atoms with van der Waals surface area (Å²) in [4.78, 5) is 23.6. The Balaban J connectivity index is 1.42. The van der Waals surface area contributed by atoms with Gasteiger partial charge in [-0.3, -0.25) is 9.59 Å². The number of rotatable bonds is 3. The van der Waals surface area contributed by atoms with Crippen LogP contribution in [0.15, 0.2) is 29.4 Å². The number of hydrazone groups is 1. The molecule has 1 aliphatic carbocycles. The van der Waals surface area contributed by atoms with Gasteiger partial charge < -0.3 is 10.6 Å². The minimum absolute atomic E-state index is 0.0446. The molecular weight excluding hydrogens is 292 g/mol. The molecule has 120 valence electrons. The average Bonchev–Trinajstić information content (AvgIpc) is 3.20. The summed E-state index contributed by atoms with van der Waals surface area (Å²) in [6.45, 7) is 1.75. The van der Waals surface area contributed by atoms with Crippen molar-refractivity contribution in [3.63, 3.8) is 0 Å². The minimum atomic E-state index is -0.0446. The summed E-state index contributed by atoms with van der Waals surface area (Å²) in [5.74, 6) is 0.152. The second-order valence-corrected chi connectivity index (χ2v) is 6.71. The van der Waals surface area contributed by atoms with Crippen LogP contribution in [0.2, 0.25) is 0 Å². The van der Waals surface area contributed by atoms with Crippen LogP contribution < -0.4 is 16.1 Å². The number of carbonyl (C=O) groups is 2. The predicted molar refractivity (Wildman–Crippen MR) is 87.0 cm³/mol. The SMILES string of the molecule is O=C1CCC(c2ccc(NC(=O)C3CNCC34CC4)cc2)=NN1. The van der Waals surface area contributed by atoms with E-state index in [0.717, 1.165) is 42.9 Å². The Morgan fingerprint density at radius 3 is 2.65 bits per heavy atom. The fourth-order valence-electron chi connectivity index (χ4n) is 3.52. The van der Waals surface area contributed by atoms with Crippen molar-refractivity contribution in [2.45, 2.75) is 25.7 Å². The Hall–Kier alpha value is -2.21. The van der Waals surface area contributed by atoms with Gasteiger partial charge in [0.2, 0.25) is 11.8 Å². The maximum Gasteiger partial charge on any atom is 0.240 e.